The molecule has 44 heavy (non-hydrogen) atoms. The van der Waals surface area contributed by atoms with Gasteiger partial charge in [0, 0.05) is 13.1 Å². The van der Waals surface area contributed by atoms with E-state index in [4.69, 9.17) is 26.5 Å². The molecule has 9 N–H and O–H groups in total. The van der Waals surface area contributed by atoms with Gasteiger partial charge in [0.2, 0.25) is 0 Å². The molecule has 2 aromatic carbocycles. The summed E-state index contributed by atoms with van der Waals surface area (Å²) in [5.41, 5.74) is 17.0. The molecule has 0 saturated carbocycles. The van der Waals surface area contributed by atoms with E-state index in [1.165, 1.54) is 6.20 Å². The Labute approximate surface area is 251 Å². The van der Waals surface area contributed by atoms with Crippen LogP contribution in [0.25, 0.3) is 22.1 Å². The van der Waals surface area contributed by atoms with Gasteiger partial charge in [0.1, 0.15) is 16.9 Å². The first-order valence-corrected chi connectivity index (χ1v) is 12.9. The molecule has 0 aliphatic carbocycles. The molecule has 0 unspecified atom stereocenters. The number of carbonyl (C=O) groups is 2. The fourth-order valence-corrected chi connectivity index (χ4v) is 4.34. The van der Waals surface area contributed by atoms with Crippen LogP contribution in [-0.4, -0.2) is 76.0 Å². The first-order valence-electron chi connectivity index (χ1n) is 12.9. The fourth-order valence-electron chi connectivity index (χ4n) is 4.34. The zero-order chi connectivity index (χ0) is 30.5. The maximum Gasteiger partial charge on any atom is 0.488 e. The molecule has 0 fully saturated rings. The lowest BCUT2D eigenvalue weighted by molar-refractivity contribution is 0.0987. The van der Waals surface area contributed by atoms with Crippen LogP contribution >= 0.6 is 0 Å². The highest BCUT2D eigenvalue weighted by atomic mass is 16.4. The van der Waals surface area contributed by atoms with Crippen LogP contribution in [0.5, 0.6) is 0 Å². The number of amides is 2. The normalized spacial score (nSPS) is 10.5. The van der Waals surface area contributed by atoms with E-state index < -0.39 is 18.9 Å². The molecule has 2 amide bonds. The zero-order valence-corrected chi connectivity index (χ0v) is 23.1. The Morgan fingerprint density at radius 3 is 1.82 bits per heavy atom. The first kappa shape index (κ1) is 31.5. The van der Waals surface area contributed by atoms with Crippen molar-refractivity contribution in [2.24, 2.45) is 11.5 Å². The Hall–Kier alpha value is -5.41. The number of benzene rings is 2. The Morgan fingerprint density at radius 1 is 0.727 bits per heavy atom. The van der Waals surface area contributed by atoms with E-state index in [9.17, 15) is 9.59 Å². The molecule has 0 spiro atoms. The standard InChI is InChI=1S/C14H13BN4O3.C14H12BN4O2.H2O/c16-14(20)11-5-13-12(6-17-11)18-8-19(13)7-9-1-3-10(4-2-9)15(21)22;16-14(20)12-5-11-13(6-17-12)19(8-18-11)7-9-1-3-10(15-21)4-2-9;/h1-6,8,21-22H,7H2,(H2,16,20);1-6,8,21H,7H2,(H2,16,20);1H2. The number of hydrogen-bond donors (Lipinski definition) is 5. The van der Waals surface area contributed by atoms with Crippen LogP contribution in [0.4, 0.5) is 0 Å². The number of hydrogen-bond acceptors (Lipinski definition) is 9. The van der Waals surface area contributed by atoms with Gasteiger partial charge in [0.05, 0.1) is 41.6 Å². The van der Waals surface area contributed by atoms with Crippen LogP contribution in [0.2, 0.25) is 0 Å². The molecule has 6 rings (SSSR count). The molecule has 0 saturated heterocycles. The minimum Gasteiger partial charge on any atom is -0.450 e. The van der Waals surface area contributed by atoms with E-state index in [1.54, 1.807) is 55.2 Å². The monoisotopic (exact) mass is 593 g/mol. The van der Waals surface area contributed by atoms with E-state index in [2.05, 4.69) is 19.9 Å². The number of aromatic nitrogens is 6. The van der Waals surface area contributed by atoms with Gasteiger partial charge in [-0.2, -0.15) is 0 Å². The fraction of sp³-hybridized carbons (Fsp3) is 0.0714. The number of carbonyl (C=O) groups excluding carboxylic acids is 2. The maximum absolute atomic E-state index is 11.2. The summed E-state index contributed by atoms with van der Waals surface area (Å²) in [7, 11) is -0.418. The molecule has 0 atom stereocenters. The lowest BCUT2D eigenvalue weighted by atomic mass is 9.80. The highest BCUT2D eigenvalue weighted by Crippen LogP contribution is 2.16. The van der Waals surface area contributed by atoms with E-state index in [0.29, 0.717) is 29.6 Å². The van der Waals surface area contributed by atoms with Crippen LogP contribution in [0, 0.1) is 0 Å². The van der Waals surface area contributed by atoms with Crippen LogP contribution in [0.1, 0.15) is 32.1 Å². The number of fused-ring (bicyclic) bond motifs is 2. The first-order chi connectivity index (χ1) is 20.7. The van der Waals surface area contributed by atoms with Gasteiger partial charge < -0.3 is 41.1 Å². The van der Waals surface area contributed by atoms with Gasteiger partial charge in [-0.05, 0) is 28.7 Å². The smallest absolute Gasteiger partial charge is 0.450 e. The average molecular weight is 593 g/mol. The SMILES string of the molecule is NC(=O)c1cc2c(cn1)ncn2Cc1ccc(B(O)O)cc1.NC(=O)c1cc2ncn(Cc3ccc([B]O)cc3)c2cn1.O. The lowest BCUT2D eigenvalue weighted by Gasteiger charge is -2.06. The van der Waals surface area contributed by atoms with Crippen LogP contribution in [-0.2, 0) is 13.1 Å². The minimum atomic E-state index is -1.48. The van der Waals surface area contributed by atoms with Gasteiger partial charge in [-0.25, -0.2) is 19.9 Å². The van der Waals surface area contributed by atoms with Crippen LogP contribution < -0.4 is 22.4 Å². The topological polar surface area (TPSA) is 240 Å². The molecule has 4 heterocycles. The number of nitrogens with two attached hydrogens (primary N) is 2. The second-order valence-corrected chi connectivity index (χ2v) is 9.58. The summed E-state index contributed by atoms with van der Waals surface area (Å²) in [6.45, 7) is 1.15. The summed E-state index contributed by atoms with van der Waals surface area (Å²) in [6.07, 6.45) is 6.46. The number of imidazole rings is 2. The van der Waals surface area contributed by atoms with Crippen molar-refractivity contribution in [3.8, 4) is 0 Å². The van der Waals surface area contributed by atoms with Crippen molar-refractivity contribution in [2.75, 3.05) is 0 Å². The molecule has 6 aromatic rings. The third kappa shape index (κ3) is 7.14. The van der Waals surface area contributed by atoms with Crippen molar-refractivity contribution in [3.05, 3.63) is 108 Å². The van der Waals surface area contributed by atoms with Crippen LogP contribution in [0.15, 0.2) is 85.7 Å². The highest BCUT2D eigenvalue weighted by molar-refractivity contribution is 6.58. The predicted octanol–water partition coefficient (Wildman–Crippen LogP) is -1.75. The molecule has 16 heteroatoms. The summed E-state index contributed by atoms with van der Waals surface area (Å²) in [4.78, 5) is 38.8. The lowest BCUT2D eigenvalue weighted by Crippen LogP contribution is -2.29. The summed E-state index contributed by atoms with van der Waals surface area (Å²) in [5, 5.41) is 27.1. The maximum atomic E-state index is 11.2. The van der Waals surface area contributed by atoms with E-state index >= 15 is 0 Å². The van der Waals surface area contributed by atoms with Crippen molar-refractivity contribution in [1.82, 2.24) is 29.1 Å². The Bertz CT molecular complexity index is 1910. The third-order valence-corrected chi connectivity index (χ3v) is 6.63. The number of nitrogens with zero attached hydrogens (tertiary/aromatic N) is 6. The molecule has 4 aromatic heterocycles. The van der Waals surface area contributed by atoms with Crippen molar-refractivity contribution in [1.29, 1.82) is 0 Å². The van der Waals surface area contributed by atoms with Crippen molar-refractivity contribution in [2.45, 2.75) is 13.1 Å². The summed E-state index contributed by atoms with van der Waals surface area (Å²) < 4.78 is 3.80. The molecule has 221 valence electrons. The van der Waals surface area contributed by atoms with Crippen molar-refractivity contribution < 1.29 is 30.1 Å². The second kappa shape index (κ2) is 13.7. The van der Waals surface area contributed by atoms with E-state index in [-0.39, 0.29) is 16.9 Å². The molecule has 1 radical (unpaired) electrons. The van der Waals surface area contributed by atoms with E-state index in [1.807, 2.05) is 33.4 Å². The molecule has 0 bridgehead atoms. The average Bonchev–Trinajstić information content (AvgIpc) is 3.61. The van der Waals surface area contributed by atoms with Crippen molar-refractivity contribution >= 4 is 59.4 Å². The summed E-state index contributed by atoms with van der Waals surface area (Å²) in [6, 6.07) is 17.6. The second-order valence-electron chi connectivity index (χ2n) is 9.58. The molecule has 14 nitrogen and oxygen atoms in total. The Kier molecular flexibility index (Phi) is 9.82. The largest absolute Gasteiger partial charge is 0.488 e. The quantitative estimate of drug-likeness (QED) is 0.126. The van der Waals surface area contributed by atoms with Gasteiger partial charge in [-0.15, -0.1) is 0 Å². The zero-order valence-electron chi connectivity index (χ0n) is 23.1. The van der Waals surface area contributed by atoms with Gasteiger partial charge >= 0.3 is 14.6 Å². The molecular formula is C28H27B2N8O6. The molecular weight excluding hydrogens is 566 g/mol. The van der Waals surface area contributed by atoms with Gasteiger partial charge in [-0.3, -0.25) is 9.59 Å². The summed E-state index contributed by atoms with van der Waals surface area (Å²) in [5.74, 6) is -1.15. The third-order valence-electron chi connectivity index (χ3n) is 6.63. The van der Waals surface area contributed by atoms with E-state index in [0.717, 1.165) is 35.1 Å². The highest BCUT2D eigenvalue weighted by Gasteiger charge is 2.12. The van der Waals surface area contributed by atoms with Gasteiger partial charge in [0.15, 0.2) is 0 Å². The number of rotatable bonds is 8. The van der Waals surface area contributed by atoms with Crippen molar-refractivity contribution in [3.63, 3.8) is 0 Å². The van der Waals surface area contributed by atoms with Gasteiger partial charge in [-0.1, -0.05) is 54.0 Å². The number of primary amides is 2. The van der Waals surface area contributed by atoms with Crippen LogP contribution in [0.3, 0.4) is 0 Å². The number of pyridine rings is 2. The Balaban J connectivity index is 0.000000197. The summed E-state index contributed by atoms with van der Waals surface area (Å²) >= 11 is 0. The minimum absolute atomic E-state index is 0. The Morgan fingerprint density at radius 2 is 1.25 bits per heavy atom. The van der Waals surface area contributed by atoms with Gasteiger partial charge in [0.25, 0.3) is 11.8 Å². The predicted molar refractivity (Wildman–Crippen MR) is 164 cm³/mol. The molecule has 0 aliphatic rings. The molecule has 0 aliphatic heterocycles.